The van der Waals surface area contributed by atoms with Crippen LogP contribution in [0.3, 0.4) is 0 Å². The van der Waals surface area contributed by atoms with Gasteiger partial charge >= 0.3 is 0 Å². The maximum atomic E-state index is 11.9. The molecule has 104 valence electrons. The molecule has 0 radical (unpaired) electrons. The number of aromatic nitrogens is 2. The van der Waals surface area contributed by atoms with E-state index in [9.17, 15) is 9.59 Å². The maximum absolute atomic E-state index is 11.9. The van der Waals surface area contributed by atoms with Crippen LogP contribution in [0.4, 0.5) is 0 Å². The number of benzene rings is 1. The lowest BCUT2D eigenvalue weighted by molar-refractivity contribution is 0.0952. The van der Waals surface area contributed by atoms with E-state index in [-0.39, 0.29) is 11.5 Å². The van der Waals surface area contributed by atoms with Gasteiger partial charge in [0.2, 0.25) is 0 Å². The van der Waals surface area contributed by atoms with Crippen LogP contribution >= 0.6 is 15.9 Å². The average molecular weight is 336 g/mol. The van der Waals surface area contributed by atoms with Crippen LogP contribution in [0.1, 0.15) is 16.1 Å². The summed E-state index contributed by atoms with van der Waals surface area (Å²) in [5.41, 5.74) is 1.15. The first-order chi connectivity index (χ1) is 9.56. The topological polar surface area (TPSA) is 64.0 Å². The lowest BCUT2D eigenvalue weighted by Gasteiger charge is -2.07. The van der Waals surface area contributed by atoms with Crippen molar-refractivity contribution in [2.45, 2.75) is 13.5 Å². The molecule has 0 bridgehead atoms. The van der Waals surface area contributed by atoms with Crippen LogP contribution < -0.4 is 10.9 Å². The second-order valence-electron chi connectivity index (χ2n) is 4.33. The van der Waals surface area contributed by atoms with Gasteiger partial charge in [-0.1, -0.05) is 22.0 Å². The molecular formula is C14H14BrN3O2. The second-order valence-corrected chi connectivity index (χ2v) is 5.24. The third-order valence-electron chi connectivity index (χ3n) is 2.74. The predicted octanol–water partition coefficient (Wildman–Crippen LogP) is 1.74. The Morgan fingerprint density at radius 1 is 1.40 bits per heavy atom. The fourth-order valence-electron chi connectivity index (χ4n) is 1.71. The first kappa shape index (κ1) is 14.5. The lowest BCUT2D eigenvalue weighted by Crippen LogP contribution is -2.30. The number of carbonyl (C=O) groups is 1. The Morgan fingerprint density at radius 2 is 2.20 bits per heavy atom. The highest BCUT2D eigenvalue weighted by Crippen LogP contribution is 2.11. The van der Waals surface area contributed by atoms with Crippen LogP contribution in [0.25, 0.3) is 0 Å². The van der Waals surface area contributed by atoms with Gasteiger partial charge in [0.15, 0.2) is 0 Å². The van der Waals surface area contributed by atoms with Crippen molar-refractivity contribution in [1.82, 2.24) is 14.9 Å². The van der Waals surface area contributed by atoms with Crippen LogP contribution in [0.15, 0.2) is 45.9 Å². The quantitative estimate of drug-likeness (QED) is 0.925. The highest BCUT2D eigenvalue weighted by atomic mass is 79.9. The Morgan fingerprint density at radius 3 is 2.90 bits per heavy atom. The van der Waals surface area contributed by atoms with Gasteiger partial charge in [-0.25, -0.2) is 4.98 Å². The van der Waals surface area contributed by atoms with Crippen LogP contribution in [0, 0.1) is 6.92 Å². The molecule has 0 saturated heterocycles. The molecular weight excluding hydrogens is 322 g/mol. The Labute approximate surface area is 124 Å². The SMILES string of the molecule is Cc1cc(=O)n(CCNC(=O)c2cccc(Br)c2)cn1. The van der Waals surface area contributed by atoms with Crippen molar-refractivity contribution >= 4 is 21.8 Å². The minimum absolute atomic E-state index is 0.116. The van der Waals surface area contributed by atoms with E-state index in [0.29, 0.717) is 24.3 Å². The zero-order chi connectivity index (χ0) is 14.5. The van der Waals surface area contributed by atoms with Gasteiger partial charge in [0.05, 0.1) is 6.33 Å². The molecule has 0 spiro atoms. The number of hydrogen-bond donors (Lipinski definition) is 1. The molecule has 2 rings (SSSR count). The van der Waals surface area contributed by atoms with Gasteiger partial charge in [-0.3, -0.25) is 14.2 Å². The molecule has 0 atom stereocenters. The van der Waals surface area contributed by atoms with Crippen LogP contribution in [0.5, 0.6) is 0 Å². The summed E-state index contributed by atoms with van der Waals surface area (Å²) >= 11 is 3.32. The first-order valence-electron chi connectivity index (χ1n) is 6.13. The molecule has 1 aromatic heterocycles. The summed E-state index contributed by atoms with van der Waals surface area (Å²) in [6.45, 7) is 2.53. The minimum Gasteiger partial charge on any atom is -0.350 e. The number of rotatable bonds is 4. The summed E-state index contributed by atoms with van der Waals surface area (Å²) < 4.78 is 2.32. The summed E-state index contributed by atoms with van der Waals surface area (Å²) in [6, 6.07) is 8.60. The van der Waals surface area contributed by atoms with Gasteiger partial charge in [-0.2, -0.15) is 0 Å². The van der Waals surface area contributed by atoms with Crippen molar-refractivity contribution in [2.24, 2.45) is 0 Å². The highest BCUT2D eigenvalue weighted by molar-refractivity contribution is 9.10. The molecule has 1 heterocycles. The summed E-state index contributed by atoms with van der Waals surface area (Å²) in [5, 5.41) is 2.77. The van der Waals surface area contributed by atoms with Gasteiger partial charge in [0.1, 0.15) is 0 Å². The molecule has 2 aromatic rings. The molecule has 0 fully saturated rings. The third kappa shape index (κ3) is 3.77. The molecule has 5 nitrogen and oxygen atoms in total. The Kier molecular flexibility index (Phi) is 4.68. The normalized spacial score (nSPS) is 10.3. The fourth-order valence-corrected chi connectivity index (χ4v) is 2.11. The zero-order valence-corrected chi connectivity index (χ0v) is 12.6. The van der Waals surface area contributed by atoms with E-state index in [0.717, 1.165) is 4.47 Å². The summed E-state index contributed by atoms with van der Waals surface area (Å²) in [5.74, 6) is -0.167. The number of carbonyl (C=O) groups excluding carboxylic acids is 1. The average Bonchev–Trinajstić information content (AvgIpc) is 2.41. The van der Waals surface area contributed by atoms with E-state index in [2.05, 4.69) is 26.2 Å². The van der Waals surface area contributed by atoms with Gasteiger partial charge in [-0.15, -0.1) is 0 Å². The lowest BCUT2D eigenvalue weighted by atomic mass is 10.2. The van der Waals surface area contributed by atoms with Crippen LogP contribution in [-0.4, -0.2) is 22.0 Å². The van der Waals surface area contributed by atoms with Crippen molar-refractivity contribution in [3.8, 4) is 0 Å². The Balaban J connectivity index is 1.93. The summed E-state index contributed by atoms with van der Waals surface area (Å²) in [4.78, 5) is 27.6. The molecule has 6 heteroatoms. The standard InChI is InChI=1S/C14H14BrN3O2/c1-10-7-13(19)18(9-17-10)6-5-16-14(20)11-3-2-4-12(15)8-11/h2-4,7-9H,5-6H2,1H3,(H,16,20). The van der Waals surface area contributed by atoms with Gasteiger partial charge < -0.3 is 5.32 Å². The molecule has 1 amide bonds. The second kappa shape index (κ2) is 6.47. The van der Waals surface area contributed by atoms with E-state index in [1.165, 1.54) is 17.0 Å². The van der Waals surface area contributed by atoms with E-state index in [1.807, 2.05) is 6.07 Å². The molecule has 0 aliphatic carbocycles. The van der Waals surface area contributed by atoms with Crippen molar-refractivity contribution < 1.29 is 4.79 Å². The van der Waals surface area contributed by atoms with E-state index in [4.69, 9.17) is 0 Å². The molecule has 0 aliphatic heterocycles. The number of aryl methyl sites for hydroxylation is 1. The molecule has 0 aliphatic rings. The molecule has 1 aromatic carbocycles. The van der Waals surface area contributed by atoms with Crippen molar-refractivity contribution in [1.29, 1.82) is 0 Å². The number of nitrogens with one attached hydrogen (secondary N) is 1. The van der Waals surface area contributed by atoms with Crippen molar-refractivity contribution in [3.63, 3.8) is 0 Å². The van der Waals surface area contributed by atoms with Crippen LogP contribution in [-0.2, 0) is 6.54 Å². The van der Waals surface area contributed by atoms with Crippen molar-refractivity contribution in [3.05, 3.63) is 62.7 Å². The molecule has 0 saturated carbocycles. The van der Waals surface area contributed by atoms with Gasteiger partial charge in [0.25, 0.3) is 11.5 Å². The smallest absolute Gasteiger partial charge is 0.253 e. The monoisotopic (exact) mass is 335 g/mol. The third-order valence-corrected chi connectivity index (χ3v) is 3.23. The zero-order valence-electron chi connectivity index (χ0n) is 11.0. The van der Waals surface area contributed by atoms with Crippen LogP contribution in [0.2, 0.25) is 0 Å². The number of amides is 1. The van der Waals surface area contributed by atoms with E-state index >= 15 is 0 Å². The van der Waals surface area contributed by atoms with Crippen molar-refractivity contribution in [2.75, 3.05) is 6.54 Å². The van der Waals surface area contributed by atoms with E-state index < -0.39 is 0 Å². The number of halogens is 1. The first-order valence-corrected chi connectivity index (χ1v) is 6.92. The summed E-state index contributed by atoms with van der Waals surface area (Å²) in [7, 11) is 0. The Bertz CT molecular complexity index is 682. The minimum atomic E-state index is -0.167. The fraction of sp³-hybridized carbons (Fsp3) is 0.214. The van der Waals surface area contributed by atoms with E-state index in [1.54, 1.807) is 25.1 Å². The summed E-state index contributed by atoms with van der Waals surface area (Å²) in [6.07, 6.45) is 1.49. The highest BCUT2D eigenvalue weighted by Gasteiger charge is 2.05. The number of nitrogens with zero attached hydrogens (tertiary/aromatic N) is 2. The maximum Gasteiger partial charge on any atom is 0.253 e. The van der Waals surface area contributed by atoms with Gasteiger partial charge in [0, 0.05) is 34.9 Å². The Hall–Kier alpha value is -1.95. The number of hydrogen-bond acceptors (Lipinski definition) is 3. The molecule has 20 heavy (non-hydrogen) atoms. The van der Waals surface area contributed by atoms with Gasteiger partial charge in [-0.05, 0) is 25.1 Å². The largest absolute Gasteiger partial charge is 0.350 e. The predicted molar refractivity (Wildman–Crippen MR) is 79.7 cm³/mol. The molecule has 1 N–H and O–H groups in total. The molecule has 0 unspecified atom stereocenters.